The average Bonchev–Trinajstić information content (AvgIpc) is 3.02. The molecule has 2 aromatic heterocycles. The SMILES string of the molecule is CCCCn1c2ccccc2c2c3oc(=O)[nH]c3ccc21. The molecule has 0 aliphatic rings. The van der Waals surface area contributed by atoms with E-state index < -0.39 is 5.76 Å². The number of oxazole rings is 1. The minimum Gasteiger partial charge on any atom is -0.407 e. The monoisotopic (exact) mass is 280 g/mol. The van der Waals surface area contributed by atoms with Crippen LogP contribution in [-0.4, -0.2) is 9.55 Å². The summed E-state index contributed by atoms with van der Waals surface area (Å²) in [6.07, 6.45) is 2.28. The quantitative estimate of drug-likeness (QED) is 0.616. The van der Waals surface area contributed by atoms with Crippen LogP contribution in [0, 0.1) is 0 Å². The number of aromatic amines is 1. The predicted molar refractivity (Wildman–Crippen MR) is 84.7 cm³/mol. The van der Waals surface area contributed by atoms with Gasteiger partial charge in [-0.05, 0) is 24.6 Å². The summed E-state index contributed by atoms with van der Waals surface area (Å²) in [4.78, 5) is 14.3. The van der Waals surface area contributed by atoms with E-state index in [1.54, 1.807) is 0 Å². The Balaban J connectivity index is 2.20. The maximum Gasteiger partial charge on any atom is 0.417 e. The van der Waals surface area contributed by atoms with Crippen LogP contribution in [0.25, 0.3) is 32.9 Å². The summed E-state index contributed by atoms with van der Waals surface area (Å²) in [6.45, 7) is 3.16. The first-order valence-electron chi connectivity index (χ1n) is 7.32. The van der Waals surface area contributed by atoms with Crippen molar-refractivity contribution in [3.63, 3.8) is 0 Å². The van der Waals surface area contributed by atoms with Gasteiger partial charge in [-0.1, -0.05) is 31.5 Å². The fourth-order valence-corrected chi connectivity index (χ4v) is 3.10. The summed E-state index contributed by atoms with van der Waals surface area (Å²) in [6, 6.07) is 12.3. The highest BCUT2D eigenvalue weighted by molar-refractivity contribution is 6.18. The van der Waals surface area contributed by atoms with Crippen LogP contribution in [0.2, 0.25) is 0 Å². The van der Waals surface area contributed by atoms with E-state index in [-0.39, 0.29) is 0 Å². The smallest absolute Gasteiger partial charge is 0.407 e. The zero-order valence-corrected chi connectivity index (χ0v) is 11.8. The first kappa shape index (κ1) is 12.3. The number of aryl methyl sites for hydroxylation is 1. The van der Waals surface area contributed by atoms with Crippen LogP contribution in [0.1, 0.15) is 19.8 Å². The Hall–Kier alpha value is -2.49. The molecule has 4 rings (SSSR count). The van der Waals surface area contributed by atoms with Crippen LogP contribution >= 0.6 is 0 Å². The highest BCUT2D eigenvalue weighted by Gasteiger charge is 2.15. The van der Waals surface area contributed by atoms with Gasteiger partial charge in [0.1, 0.15) is 0 Å². The van der Waals surface area contributed by atoms with E-state index >= 15 is 0 Å². The number of hydrogen-bond acceptors (Lipinski definition) is 2. The second-order valence-electron chi connectivity index (χ2n) is 5.37. The van der Waals surface area contributed by atoms with Crippen molar-refractivity contribution in [3.05, 3.63) is 46.9 Å². The van der Waals surface area contributed by atoms with Crippen molar-refractivity contribution in [1.29, 1.82) is 0 Å². The molecule has 0 radical (unpaired) electrons. The van der Waals surface area contributed by atoms with E-state index in [9.17, 15) is 4.79 Å². The summed E-state index contributed by atoms with van der Waals surface area (Å²) >= 11 is 0. The van der Waals surface area contributed by atoms with Crippen molar-refractivity contribution in [1.82, 2.24) is 9.55 Å². The Morgan fingerprint density at radius 2 is 2.00 bits per heavy atom. The third kappa shape index (κ3) is 1.72. The van der Waals surface area contributed by atoms with Crippen LogP contribution in [0.5, 0.6) is 0 Å². The van der Waals surface area contributed by atoms with E-state index in [1.807, 2.05) is 18.2 Å². The molecular weight excluding hydrogens is 264 g/mol. The molecule has 1 N–H and O–H groups in total. The fourth-order valence-electron chi connectivity index (χ4n) is 3.10. The molecule has 2 heterocycles. The topological polar surface area (TPSA) is 50.9 Å². The molecule has 0 spiro atoms. The zero-order chi connectivity index (χ0) is 14.4. The largest absolute Gasteiger partial charge is 0.417 e. The first-order chi connectivity index (χ1) is 10.3. The maximum absolute atomic E-state index is 11.5. The average molecular weight is 280 g/mol. The number of rotatable bonds is 3. The molecule has 0 unspecified atom stereocenters. The van der Waals surface area contributed by atoms with Crippen molar-refractivity contribution < 1.29 is 4.42 Å². The van der Waals surface area contributed by atoms with Gasteiger partial charge in [-0.15, -0.1) is 0 Å². The summed E-state index contributed by atoms with van der Waals surface area (Å²) in [5.41, 5.74) is 3.73. The highest BCUT2D eigenvalue weighted by atomic mass is 16.4. The molecule has 0 bridgehead atoms. The molecule has 106 valence electrons. The second kappa shape index (κ2) is 4.52. The van der Waals surface area contributed by atoms with Crippen molar-refractivity contribution in [3.8, 4) is 0 Å². The number of benzene rings is 2. The van der Waals surface area contributed by atoms with Gasteiger partial charge in [0.25, 0.3) is 0 Å². The van der Waals surface area contributed by atoms with Gasteiger partial charge in [0.05, 0.1) is 16.4 Å². The maximum atomic E-state index is 11.5. The minimum atomic E-state index is -0.400. The van der Waals surface area contributed by atoms with E-state index in [4.69, 9.17) is 4.42 Å². The van der Waals surface area contributed by atoms with Gasteiger partial charge in [-0.2, -0.15) is 0 Å². The lowest BCUT2D eigenvalue weighted by molar-refractivity contribution is 0.558. The van der Waals surface area contributed by atoms with Crippen molar-refractivity contribution in [2.75, 3.05) is 0 Å². The van der Waals surface area contributed by atoms with Crippen LogP contribution in [0.4, 0.5) is 0 Å². The third-order valence-corrected chi connectivity index (χ3v) is 4.06. The van der Waals surface area contributed by atoms with E-state index in [0.717, 1.165) is 41.2 Å². The summed E-state index contributed by atoms with van der Waals surface area (Å²) in [5, 5.41) is 2.16. The lowest BCUT2D eigenvalue weighted by atomic mass is 10.1. The summed E-state index contributed by atoms with van der Waals surface area (Å²) in [5.74, 6) is -0.400. The molecule has 21 heavy (non-hydrogen) atoms. The van der Waals surface area contributed by atoms with Gasteiger partial charge in [0.15, 0.2) is 5.58 Å². The number of hydrogen-bond donors (Lipinski definition) is 1. The van der Waals surface area contributed by atoms with Gasteiger partial charge in [-0.25, -0.2) is 4.79 Å². The summed E-state index contributed by atoms with van der Waals surface area (Å²) in [7, 11) is 0. The van der Waals surface area contributed by atoms with Crippen LogP contribution < -0.4 is 5.76 Å². The lowest BCUT2D eigenvalue weighted by Crippen LogP contribution is -1.96. The van der Waals surface area contributed by atoms with Crippen molar-refractivity contribution in [2.24, 2.45) is 0 Å². The molecule has 4 nitrogen and oxygen atoms in total. The molecule has 4 heteroatoms. The molecule has 0 aliphatic carbocycles. The Morgan fingerprint density at radius 1 is 1.14 bits per heavy atom. The molecule has 0 saturated heterocycles. The standard InChI is InChI=1S/C17H16N2O2/c1-2-3-10-19-13-7-5-4-6-11(13)15-14(19)9-8-12-16(15)21-17(20)18-12/h4-9H,2-3,10H2,1H3,(H,18,20). The Bertz CT molecular complexity index is 1000. The molecule has 2 aromatic carbocycles. The van der Waals surface area contributed by atoms with E-state index in [2.05, 4.69) is 34.7 Å². The van der Waals surface area contributed by atoms with Crippen molar-refractivity contribution >= 4 is 32.9 Å². The second-order valence-corrected chi connectivity index (χ2v) is 5.37. The predicted octanol–water partition coefficient (Wildman–Crippen LogP) is 4.03. The lowest BCUT2D eigenvalue weighted by Gasteiger charge is -2.05. The highest BCUT2D eigenvalue weighted by Crippen LogP contribution is 2.33. The number of para-hydroxylation sites is 1. The van der Waals surface area contributed by atoms with Gasteiger partial charge >= 0.3 is 5.76 Å². The van der Waals surface area contributed by atoms with Crippen molar-refractivity contribution in [2.45, 2.75) is 26.3 Å². The fraction of sp³-hybridized carbons (Fsp3) is 0.235. The zero-order valence-electron chi connectivity index (χ0n) is 11.8. The Labute approximate surface area is 121 Å². The number of nitrogens with zero attached hydrogens (tertiary/aromatic N) is 1. The number of nitrogens with one attached hydrogen (secondary N) is 1. The van der Waals surface area contributed by atoms with Crippen LogP contribution in [-0.2, 0) is 6.54 Å². The number of unbranched alkanes of at least 4 members (excludes halogenated alkanes) is 1. The van der Waals surface area contributed by atoms with E-state index in [0.29, 0.717) is 5.58 Å². The first-order valence-corrected chi connectivity index (χ1v) is 7.32. The molecule has 0 saturated carbocycles. The molecule has 0 fully saturated rings. The molecule has 0 atom stereocenters. The summed E-state index contributed by atoms with van der Waals surface area (Å²) < 4.78 is 7.70. The van der Waals surface area contributed by atoms with Gasteiger partial charge in [0.2, 0.25) is 0 Å². The van der Waals surface area contributed by atoms with E-state index in [1.165, 1.54) is 5.52 Å². The number of fused-ring (bicyclic) bond motifs is 5. The number of H-pyrrole nitrogens is 1. The van der Waals surface area contributed by atoms with Gasteiger partial charge in [-0.3, -0.25) is 4.98 Å². The van der Waals surface area contributed by atoms with Crippen LogP contribution in [0.15, 0.2) is 45.6 Å². The molecule has 0 amide bonds. The van der Waals surface area contributed by atoms with Crippen LogP contribution in [0.3, 0.4) is 0 Å². The Kier molecular flexibility index (Phi) is 2.64. The molecule has 0 aliphatic heterocycles. The third-order valence-electron chi connectivity index (χ3n) is 4.06. The normalized spacial score (nSPS) is 11.9. The minimum absolute atomic E-state index is 0.400. The molecule has 4 aromatic rings. The molecular formula is C17H16N2O2. The van der Waals surface area contributed by atoms with Gasteiger partial charge < -0.3 is 8.98 Å². The van der Waals surface area contributed by atoms with Gasteiger partial charge in [0, 0.05) is 17.4 Å². The Morgan fingerprint density at radius 3 is 2.86 bits per heavy atom. The number of aromatic nitrogens is 2.